The number of carbonyl (C=O) groups excluding carboxylic acids is 1. The number of amides is 1. The normalized spacial score (nSPS) is 11.3. The standard InChI is InChI=1S/C23H18ClN5O6S/c1-15-21(23(31)27(26(15)2)17-8-4-3-5-9-17)28(22(30)16-7-6-12-25-14-16)36(34,35)20-13-18(29(32)33)10-11-19(20)24/h3-14H,1-2H3. The fourth-order valence-electron chi connectivity index (χ4n) is 3.63. The van der Waals surface area contributed by atoms with Crippen LogP contribution in [-0.2, 0) is 17.1 Å². The van der Waals surface area contributed by atoms with Crippen molar-refractivity contribution in [2.45, 2.75) is 11.8 Å². The molecule has 0 bridgehead atoms. The summed E-state index contributed by atoms with van der Waals surface area (Å²) in [4.78, 5) is 41.0. The lowest BCUT2D eigenvalue weighted by molar-refractivity contribution is -0.385. The minimum Gasteiger partial charge on any atom is -0.283 e. The smallest absolute Gasteiger partial charge is 0.283 e. The van der Waals surface area contributed by atoms with E-state index in [0.29, 0.717) is 9.99 Å². The Hall–Kier alpha value is -4.29. The Balaban J connectivity index is 2.04. The number of rotatable bonds is 6. The fourth-order valence-corrected chi connectivity index (χ4v) is 5.59. The SMILES string of the molecule is Cc1c(N(C(=O)c2cccnc2)S(=O)(=O)c2cc([N+](=O)[O-])ccc2Cl)c(=O)n(-c2ccccc2)n1C. The number of aromatic nitrogens is 3. The topological polar surface area (TPSA) is 137 Å². The Morgan fingerprint density at radius 2 is 1.81 bits per heavy atom. The zero-order valence-corrected chi connectivity index (χ0v) is 20.5. The minimum absolute atomic E-state index is 0.128. The van der Waals surface area contributed by atoms with Gasteiger partial charge in [-0.25, -0.2) is 13.1 Å². The van der Waals surface area contributed by atoms with Gasteiger partial charge in [0.05, 0.1) is 26.9 Å². The van der Waals surface area contributed by atoms with Gasteiger partial charge in [-0.3, -0.25) is 29.4 Å². The van der Waals surface area contributed by atoms with E-state index in [0.717, 1.165) is 24.4 Å². The van der Waals surface area contributed by atoms with Crippen molar-refractivity contribution in [1.29, 1.82) is 0 Å². The van der Waals surface area contributed by atoms with Gasteiger partial charge >= 0.3 is 0 Å². The largest absolute Gasteiger partial charge is 0.296 e. The molecule has 0 fully saturated rings. The van der Waals surface area contributed by atoms with Crippen LogP contribution in [0.5, 0.6) is 0 Å². The maximum absolute atomic E-state index is 13.9. The third-order valence-corrected chi connectivity index (χ3v) is 7.63. The molecule has 13 heteroatoms. The number of nitrogens with zero attached hydrogens (tertiary/aromatic N) is 5. The summed E-state index contributed by atoms with van der Waals surface area (Å²) in [5.41, 5.74) is -1.37. The second-order valence-corrected chi connectivity index (χ2v) is 9.76. The first-order valence-electron chi connectivity index (χ1n) is 10.3. The van der Waals surface area contributed by atoms with Crippen LogP contribution in [0.3, 0.4) is 0 Å². The van der Waals surface area contributed by atoms with Crippen LogP contribution in [0.4, 0.5) is 11.4 Å². The van der Waals surface area contributed by atoms with Gasteiger partial charge in [-0.2, -0.15) is 4.31 Å². The molecule has 0 saturated heterocycles. The van der Waals surface area contributed by atoms with Crippen molar-refractivity contribution >= 4 is 38.9 Å². The van der Waals surface area contributed by atoms with Crippen molar-refractivity contribution in [3.63, 3.8) is 0 Å². The number of halogens is 1. The highest BCUT2D eigenvalue weighted by molar-refractivity contribution is 7.93. The van der Waals surface area contributed by atoms with E-state index in [9.17, 15) is 28.1 Å². The first kappa shape index (κ1) is 24.8. The van der Waals surface area contributed by atoms with Gasteiger partial charge in [0.2, 0.25) is 0 Å². The number of non-ortho nitro benzene ring substituents is 1. The van der Waals surface area contributed by atoms with Crippen LogP contribution in [0.2, 0.25) is 5.02 Å². The molecule has 4 rings (SSSR count). The number of sulfonamides is 1. The van der Waals surface area contributed by atoms with Crippen LogP contribution < -0.4 is 9.86 Å². The molecule has 0 N–H and O–H groups in total. The fraction of sp³-hybridized carbons (Fsp3) is 0.0870. The number of carbonyl (C=O) groups is 1. The van der Waals surface area contributed by atoms with Gasteiger partial charge < -0.3 is 0 Å². The second-order valence-electron chi connectivity index (χ2n) is 7.60. The van der Waals surface area contributed by atoms with E-state index < -0.39 is 42.7 Å². The lowest BCUT2D eigenvalue weighted by Gasteiger charge is -2.22. The van der Waals surface area contributed by atoms with Gasteiger partial charge in [-0.15, -0.1) is 0 Å². The molecule has 2 aromatic carbocycles. The summed E-state index contributed by atoms with van der Waals surface area (Å²) in [6.45, 7) is 1.48. The van der Waals surface area contributed by atoms with Crippen LogP contribution in [0, 0.1) is 17.0 Å². The van der Waals surface area contributed by atoms with Gasteiger partial charge in [-0.05, 0) is 37.3 Å². The van der Waals surface area contributed by atoms with Crippen LogP contribution in [0.1, 0.15) is 16.1 Å². The molecule has 4 aromatic rings. The first-order valence-corrected chi connectivity index (χ1v) is 12.1. The lowest BCUT2D eigenvalue weighted by atomic mass is 10.2. The van der Waals surface area contributed by atoms with Crippen LogP contribution in [0.25, 0.3) is 5.69 Å². The third-order valence-electron chi connectivity index (χ3n) is 5.46. The number of nitro benzene ring substituents is 1. The third kappa shape index (κ3) is 4.16. The summed E-state index contributed by atoms with van der Waals surface area (Å²) in [6, 6.07) is 14.0. The summed E-state index contributed by atoms with van der Waals surface area (Å²) in [7, 11) is -3.39. The van der Waals surface area contributed by atoms with Crippen molar-refractivity contribution < 1.29 is 18.1 Å². The zero-order valence-electron chi connectivity index (χ0n) is 18.9. The average molecular weight is 528 g/mol. The summed E-state index contributed by atoms with van der Waals surface area (Å²) in [6.07, 6.45) is 2.54. The van der Waals surface area contributed by atoms with Gasteiger partial charge in [0, 0.05) is 31.6 Å². The van der Waals surface area contributed by atoms with Gasteiger partial charge in [0.25, 0.3) is 27.2 Å². The number of hydrogen-bond donors (Lipinski definition) is 0. The molecule has 36 heavy (non-hydrogen) atoms. The minimum atomic E-state index is -4.93. The molecule has 0 spiro atoms. The maximum Gasteiger partial charge on any atom is 0.296 e. The summed E-state index contributed by atoms with van der Waals surface area (Å²) < 4.78 is 30.8. The van der Waals surface area contributed by atoms with Crippen molar-refractivity contribution in [2.75, 3.05) is 4.31 Å². The van der Waals surface area contributed by atoms with Crippen molar-refractivity contribution in [3.8, 4) is 5.69 Å². The average Bonchev–Trinajstić information content (AvgIpc) is 3.08. The van der Waals surface area contributed by atoms with E-state index in [2.05, 4.69) is 4.98 Å². The highest BCUT2D eigenvalue weighted by Crippen LogP contribution is 2.33. The summed E-state index contributed by atoms with van der Waals surface area (Å²) in [5, 5.41) is 11.0. The number of benzene rings is 2. The molecule has 0 aliphatic rings. The summed E-state index contributed by atoms with van der Waals surface area (Å²) in [5.74, 6) is -1.09. The number of pyridine rings is 1. The van der Waals surface area contributed by atoms with E-state index in [-0.39, 0.29) is 16.3 Å². The first-order chi connectivity index (χ1) is 17.1. The quantitative estimate of drug-likeness (QED) is 0.276. The number of nitro groups is 1. The van der Waals surface area contributed by atoms with E-state index in [1.807, 2.05) is 0 Å². The molecule has 2 heterocycles. The van der Waals surface area contributed by atoms with E-state index in [4.69, 9.17) is 11.6 Å². The lowest BCUT2D eigenvalue weighted by Crippen LogP contribution is -2.40. The van der Waals surface area contributed by atoms with Crippen LogP contribution in [0.15, 0.2) is 82.7 Å². The Morgan fingerprint density at radius 3 is 2.42 bits per heavy atom. The highest BCUT2D eigenvalue weighted by Gasteiger charge is 2.39. The molecule has 0 atom stereocenters. The Kier molecular flexibility index (Phi) is 6.48. The Morgan fingerprint density at radius 1 is 1.11 bits per heavy atom. The van der Waals surface area contributed by atoms with Crippen LogP contribution >= 0.6 is 11.6 Å². The molecular weight excluding hydrogens is 510 g/mol. The van der Waals surface area contributed by atoms with Crippen molar-refractivity contribution in [2.24, 2.45) is 7.05 Å². The van der Waals surface area contributed by atoms with Crippen molar-refractivity contribution in [1.82, 2.24) is 14.3 Å². The van der Waals surface area contributed by atoms with Crippen molar-refractivity contribution in [3.05, 3.63) is 110 Å². The zero-order chi connectivity index (χ0) is 26.2. The molecule has 0 aliphatic heterocycles. The Labute approximate surface area is 210 Å². The predicted molar refractivity (Wildman–Crippen MR) is 132 cm³/mol. The molecule has 184 valence electrons. The van der Waals surface area contributed by atoms with Gasteiger partial charge in [-0.1, -0.05) is 29.8 Å². The van der Waals surface area contributed by atoms with Crippen LogP contribution in [-0.4, -0.2) is 33.6 Å². The molecule has 0 unspecified atom stereocenters. The monoisotopic (exact) mass is 527 g/mol. The highest BCUT2D eigenvalue weighted by atomic mass is 35.5. The number of hydrogen-bond acceptors (Lipinski definition) is 7. The van der Waals surface area contributed by atoms with E-state index in [1.165, 1.54) is 41.7 Å². The molecule has 11 nitrogen and oxygen atoms in total. The molecular formula is C23H18ClN5O6S. The summed E-state index contributed by atoms with van der Waals surface area (Å²) >= 11 is 6.14. The van der Waals surface area contributed by atoms with Gasteiger partial charge in [0.15, 0.2) is 0 Å². The maximum atomic E-state index is 13.9. The molecule has 1 amide bonds. The van der Waals surface area contributed by atoms with E-state index >= 15 is 0 Å². The molecule has 0 radical (unpaired) electrons. The molecule has 0 saturated carbocycles. The molecule has 0 aliphatic carbocycles. The number of anilines is 1. The number of para-hydroxylation sites is 1. The van der Waals surface area contributed by atoms with Gasteiger partial charge in [0.1, 0.15) is 10.6 Å². The molecule has 2 aromatic heterocycles. The second kappa shape index (κ2) is 9.40. The Bertz CT molecular complexity index is 1650. The predicted octanol–water partition coefficient (Wildman–Crippen LogP) is 3.48. The van der Waals surface area contributed by atoms with E-state index in [1.54, 1.807) is 30.3 Å².